The van der Waals surface area contributed by atoms with Gasteiger partial charge in [0.1, 0.15) is 5.75 Å². The molecule has 1 fully saturated rings. The number of alkyl halides is 3. The number of benzene rings is 1. The average Bonchev–Trinajstić information content (AvgIpc) is 2.45. The number of likely N-dealkylation sites (N-methyl/N-ethyl adjacent to an activating group) is 1. The van der Waals surface area contributed by atoms with Crippen LogP contribution in [0.3, 0.4) is 0 Å². The van der Waals surface area contributed by atoms with E-state index in [1.807, 2.05) is 6.92 Å². The van der Waals surface area contributed by atoms with E-state index in [-0.39, 0.29) is 11.9 Å². The minimum atomic E-state index is -4.74. The van der Waals surface area contributed by atoms with Crippen molar-refractivity contribution in [2.75, 3.05) is 26.2 Å². The predicted molar refractivity (Wildman–Crippen MR) is 71.9 cm³/mol. The summed E-state index contributed by atoms with van der Waals surface area (Å²) >= 11 is 0. The van der Waals surface area contributed by atoms with E-state index in [0.717, 1.165) is 13.1 Å². The molecule has 0 aliphatic carbocycles. The maximum absolute atomic E-state index is 12.4. The number of morpholine rings is 1. The maximum Gasteiger partial charge on any atom is 0.573 e. The highest BCUT2D eigenvalue weighted by atomic mass is 19.4. The number of rotatable bonds is 4. The summed E-state index contributed by atoms with van der Waals surface area (Å²) in [5.41, 5.74) is 6.41. The Balaban J connectivity index is 2.16. The molecule has 1 saturated heterocycles. The summed E-state index contributed by atoms with van der Waals surface area (Å²) in [6.07, 6.45) is -5.09. The number of halogens is 3. The molecule has 1 aromatic carbocycles. The number of hydrogen-bond donors (Lipinski definition) is 1. The Kier molecular flexibility index (Phi) is 5.08. The molecule has 4 nitrogen and oxygen atoms in total. The molecular weight excluding hydrogens is 285 g/mol. The van der Waals surface area contributed by atoms with Crippen LogP contribution in [0.25, 0.3) is 0 Å². The Bertz CT molecular complexity index is 468. The fraction of sp³-hybridized carbons (Fsp3) is 0.571. The van der Waals surface area contributed by atoms with Gasteiger partial charge < -0.3 is 15.2 Å². The summed E-state index contributed by atoms with van der Waals surface area (Å²) in [5.74, 6) is -0.269. The third kappa shape index (κ3) is 4.33. The maximum atomic E-state index is 12.4. The number of hydrogen-bond acceptors (Lipinski definition) is 4. The molecule has 1 aliphatic rings. The largest absolute Gasteiger partial charge is 0.573 e. The first-order valence-corrected chi connectivity index (χ1v) is 6.85. The first-order chi connectivity index (χ1) is 9.90. The highest BCUT2D eigenvalue weighted by molar-refractivity contribution is 5.36. The second-order valence-corrected chi connectivity index (χ2v) is 4.91. The van der Waals surface area contributed by atoms with Crippen LogP contribution >= 0.6 is 0 Å². The van der Waals surface area contributed by atoms with E-state index in [4.69, 9.17) is 10.5 Å². The van der Waals surface area contributed by atoms with E-state index in [2.05, 4.69) is 9.64 Å². The van der Waals surface area contributed by atoms with Crippen molar-refractivity contribution in [3.63, 3.8) is 0 Å². The molecule has 0 radical (unpaired) electrons. The van der Waals surface area contributed by atoms with Crippen LogP contribution in [0.15, 0.2) is 24.3 Å². The Morgan fingerprint density at radius 2 is 2.14 bits per heavy atom. The molecule has 2 N–H and O–H groups in total. The Morgan fingerprint density at radius 3 is 2.81 bits per heavy atom. The molecule has 0 aromatic heterocycles. The summed E-state index contributed by atoms with van der Waals surface area (Å²) < 4.78 is 47.0. The normalized spacial score (nSPS) is 22.0. The van der Waals surface area contributed by atoms with Crippen LogP contribution in [0, 0.1) is 0 Å². The SMILES string of the molecule is CCN1CCOC(C(N)c2ccccc2OC(F)(F)F)C1. The zero-order valence-corrected chi connectivity index (χ0v) is 11.8. The lowest BCUT2D eigenvalue weighted by Gasteiger charge is -2.35. The van der Waals surface area contributed by atoms with Crippen molar-refractivity contribution in [3.8, 4) is 5.75 Å². The molecule has 118 valence electrons. The summed E-state index contributed by atoms with van der Waals surface area (Å²) in [6.45, 7) is 4.80. The number of ether oxygens (including phenoxy) is 2. The summed E-state index contributed by atoms with van der Waals surface area (Å²) in [4.78, 5) is 2.15. The molecule has 2 unspecified atom stereocenters. The predicted octanol–water partition coefficient (Wildman–Crippen LogP) is 2.31. The average molecular weight is 304 g/mol. The Hall–Kier alpha value is -1.31. The van der Waals surface area contributed by atoms with Gasteiger partial charge in [0.15, 0.2) is 0 Å². The Morgan fingerprint density at radius 1 is 1.43 bits per heavy atom. The van der Waals surface area contributed by atoms with Gasteiger partial charge in [0.2, 0.25) is 0 Å². The highest BCUT2D eigenvalue weighted by Crippen LogP contribution is 2.32. The van der Waals surface area contributed by atoms with Gasteiger partial charge in [0.05, 0.1) is 18.8 Å². The van der Waals surface area contributed by atoms with Crippen molar-refractivity contribution >= 4 is 0 Å². The van der Waals surface area contributed by atoms with Crippen LogP contribution in [0.1, 0.15) is 18.5 Å². The quantitative estimate of drug-likeness (QED) is 0.927. The monoisotopic (exact) mass is 304 g/mol. The van der Waals surface area contributed by atoms with E-state index < -0.39 is 12.4 Å². The third-order valence-corrected chi connectivity index (χ3v) is 3.53. The molecule has 7 heteroatoms. The first-order valence-electron chi connectivity index (χ1n) is 6.85. The summed E-state index contributed by atoms with van der Waals surface area (Å²) in [5, 5.41) is 0. The van der Waals surface area contributed by atoms with Gasteiger partial charge in [-0.25, -0.2) is 0 Å². The second kappa shape index (κ2) is 6.64. The lowest BCUT2D eigenvalue weighted by Crippen LogP contribution is -2.46. The van der Waals surface area contributed by atoms with Gasteiger partial charge in [-0.1, -0.05) is 25.1 Å². The molecule has 0 bridgehead atoms. The second-order valence-electron chi connectivity index (χ2n) is 4.91. The van der Waals surface area contributed by atoms with E-state index in [1.165, 1.54) is 12.1 Å². The number of para-hydroxylation sites is 1. The van der Waals surface area contributed by atoms with Crippen LogP contribution in [0.4, 0.5) is 13.2 Å². The lowest BCUT2D eigenvalue weighted by molar-refractivity contribution is -0.275. The summed E-state index contributed by atoms with van der Waals surface area (Å²) in [7, 11) is 0. The fourth-order valence-electron chi connectivity index (χ4n) is 2.41. The minimum absolute atomic E-state index is 0.269. The van der Waals surface area contributed by atoms with Crippen LogP contribution in [0.5, 0.6) is 5.75 Å². The van der Waals surface area contributed by atoms with E-state index in [9.17, 15) is 13.2 Å². The molecule has 1 aliphatic heterocycles. The molecule has 21 heavy (non-hydrogen) atoms. The minimum Gasteiger partial charge on any atom is -0.405 e. The van der Waals surface area contributed by atoms with Gasteiger partial charge in [0, 0.05) is 18.7 Å². The first kappa shape index (κ1) is 16.1. The third-order valence-electron chi connectivity index (χ3n) is 3.53. The van der Waals surface area contributed by atoms with Crippen LogP contribution in [-0.2, 0) is 4.74 Å². The van der Waals surface area contributed by atoms with Gasteiger partial charge in [0.25, 0.3) is 0 Å². The zero-order valence-electron chi connectivity index (χ0n) is 11.8. The smallest absolute Gasteiger partial charge is 0.405 e. The topological polar surface area (TPSA) is 47.7 Å². The van der Waals surface area contributed by atoms with Crippen molar-refractivity contribution in [3.05, 3.63) is 29.8 Å². The molecule has 0 saturated carbocycles. The highest BCUT2D eigenvalue weighted by Gasteiger charge is 2.34. The molecule has 1 aromatic rings. The fourth-order valence-corrected chi connectivity index (χ4v) is 2.41. The van der Waals surface area contributed by atoms with Crippen LogP contribution < -0.4 is 10.5 Å². The van der Waals surface area contributed by atoms with Crippen molar-refractivity contribution in [2.24, 2.45) is 5.73 Å². The van der Waals surface area contributed by atoms with E-state index in [0.29, 0.717) is 18.7 Å². The Labute approximate surface area is 121 Å². The number of nitrogens with two attached hydrogens (primary N) is 1. The number of nitrogens with zero attached hydrogens (tertiary/aromatic N) is 1. The van der Waals surface area contributed by atoms with E-state index >= 15 is 0 Å². The summed E-state index contributed by atoms with van der Waals surface area (Å²) in [6, 6.07) is 5.26. The van der Waals surface area contributed by atoms with Crippen molar-refractivity contribution in [1.82, 2.24) is 4.90 Å². The molecule has 2 rings (SSSR count). The van der Waals surface area contributed by atoms with Gasteiger partial charge >= 0.3 is 6.36 Å². The van der Waals surface area contributed by atoms with Crippen molar-refractivity contribution in [2.45, 2.75) is 25.4 Å². The van der Waals surface area contributed by atoms with Gasteiger partial charge in [-0.3, -0.25) is 4.90 Å². The van der Waals surface area contributed by atoms with Crippen molar-refractivity contribution < 1.29 is 22.6 Å². The molecule has 0 spiro atoms. The molecule has 2 atom stereocenters. The molecular formula is C14H19F3N2O2. The van der Waals surface area contributed by atoms with Crippen molar-refractivity contribution in [1.29, 1.82) is 0 Å². The zero-order chi connectivity index (χ0) is 15.5. The van der Waals surface area contributed by atoms with Crippen LogP contribution in [0.2, 0.25) is 0 Å². The molecule has 1 heterocycles. The van der Waals surface area contributed by atoms with E-state index in [1.54, 1.807) is 12.1 Å². The van der Waals surface area contributed by atoms with Gasteiger partial charge in [-0.2, -0.15) is 0 Å². The standard InChI is InChI=1S/C14H19F3N2O2/c1-2-19-7-8-20-12(9-19)13(18)10-5-3-4-6-11(10)21-14(15,16)17/h3-6,12-13H,2,7-9,18H2,1H3. The van der Waals surface area contributed by atoms with Crippen LogP contribution in [-0.4, -0.2) is 43.6 Å². The lowest BCUT2D eigenvalue weighted by atomic mass is 10.00. The van der Waals surface area contributed by atoms with Gasteiger partial charge in [-0.15, -0.1) is 13.2 Å². The van der Waals surface area contributed by atoms with Gasteiger partial charge in [-0.05, 0) is 12.6 Å². The molecule has 0 amide bonds.